The normalized spacial score (nSPS) is 11.4. The molecule has 5 rings (SSSR count). The van der Waals surface area contributed by atoms with Gasteiger partial charge >= 0.3 is 0 Å². The molecule has 33 heavy (non-hydrogen) atoms. The summed E-state index contributed by atoms with van der Waals surface area (Å²) in [6.07, 6.45) is 0. The molecule has 166 valence electrons. The van der Waals surface area contributed by atoms with Crippen LogP contribution in [0.1, 0.15) is 27.3 Å². The van der Waals surface area contributed by atoms with Crippen molar-refractivity contribution in [2.24, 2.45) is 0 Å². The fourth-order valence-corrected chi connectivity index (χ4v) is 5.34. The maximum Gasteiger partial charge on any atom is 0.260 e. The van der Waals surface area contributed by atoms with Crippen molar-refractivity contribution in [3.63, 3.8) is 0 Å². The summed E-state index contributed by atoms with van der Waals surface area (Å²) in [5, 5.41) is 7.88. The SMILES string of the molecule is Cc1cc(C)n(CCN(C(=O)c2cccc3ccccc23)c2nc3c(C)c(Cl)ccc3s2)n1. The van der Waals surface area contributed by atoms with Gasteiger partial charge in [0.15, 0.2) is 5.13 Å². The molecular formula is C26H23ClN4OS. The lowest BCUT2D eigenvalue weighted by Gasteiger charge is -2.21. The van der Waals surface area contributed by atoms with Gasteiger partial charge < -0.3 is 0 Å². The molecule has 0 aliphatic heterocycles. The van der Waals surface area contributed by atoms with Crippen LogP contribution in [0.5, 0.6) is 0 Å². The third-order valence-electron chi connectivity index (χ3n) is 5.87. The van der Waals surface area contributed by atoms with E-state index in [2.05, 4.69) is 5.10 Å². The van der Waals surface area contributed by atoms with Gasteiger partial charge in [0.05, 0.1) is 22.5 Å². The Labute approximate surface area is 201 Å². The summed E-state index contributed by atoms with van der Waals surface area (Å²) in [6, 6.07) is 19.7. The van der Waals surface area contributed by atoms with Crippen molar-refractivity contribution >= 4 is 55.0 Å². The number of hydrogen-bond acceptors (Lipinski definition) is 4. The molecule has 0 unspecified atom stereocenters. The maximum atomic E-state index is 13.9. The van der Waals surface area contributed by atoms with E-state index >= 15 is 0 Å². The number of fused-ring (bicyclic) bond motifs is 2. The highest BCUT2D eigenvalue weighted by molar-refractivity contribution is 7.22. The first-order valence-corrected chi connectivity index (χ1v) is 12.0. The van der Waals surface area contributed by atoms with Crippen molar-refractivity contribution < 1.29 is 4.79 Å². The largest absolute Gasteiger partial charge is 0.282 e. The van der Waals surface area contributed by atoms with E-state index < -0.39 is 0 Å². The molecule has 1 amide bonds. The molecular weight excluding hydrogens is 452 g/mol. The molecule has 0 fully saturated rings. The standard InChI is InChI=1S/C26H23ClN4OS/c1-16-15-17(2)31(29-16)14-13-30(26-28-24-18(3)22(27)11-12-23(24)33-26)25(32)21-10-6-8-19-7-4-5-9-20(19)21/h4-12,15H,13-14H2,1-3H3. The van der Waals surface area contributed by atoms with E-state index in [0.29, 0.717) is 28.8 Å². The highest BCUT2D eigenvalue weighted by Gasteiger charge is 2.24. The number of aryl methyl sites for hydroxylation is 3. The number of thiazole rings is 1. The summed E-state index contributed by atoms with van der Waals surface area (Å²) in [5.41, 5.74) is 4.45. The first kappa shape index (κ1) is 21.6. The van der Waals surface area contributed by atoms with Crippen LogP contribution in [0.4, 0.5) is 5.13 Å². The van der Waals surface area contributed by atoms with Crippen LogP contribution in [0, 0.1) is 20.8 Å². The fraction of sp³-hybridized carbons (Fsp3) is 0.192. The van der Waals surface area contributed by atoms with Gasteiger partial charge in [-0.2, -0.15) is 5.10 Å². The second-order valence-electron chi connectivity index (χ2n) is 8.15. The minimum absolute atomic E-state index is 0.0730. The van der Waals surface area contributed by atoms with Crippen molar-refractivity contribution in [3.8, 4) is 0 Å². The molecule has 3 aromatic carbocycles. The average molecular weight is 475 g/mol. The number of aromatic nitrogens is 3. The molecule has 0 atom stereocenters. The second-order valence-corrected chi connectivity index (χ2v) is 9.57. The smallest absolute Gasteiger partial charge is 0.260 e. The summed E-state index contributed by atoms with van der Waals surface area (Å²) in [6.45, 7) is 6.99. The number of nitrogens with zero attached hydrogens (tertiary/aromatic N) is 4. The van der Waals surface area contributed by atoms with Gasteiger partial charge in [-0.1, -0.05) is 59.3 Å². The molecule has 0 spiro atoms. The highest BCUT2D eigenvalue weighted by Crippen LogP contribution is 2.34. The number of benzene rings is 3. The third-order valence-corrected chi connectivity index (χ3v) is 7.32. The minimum atomic E-state index is -0.0730. The summed E-state index contributed by atoms with van der Waals surface area (Å²) in [4.78, 5) is 20.6. The highest BCUT2D eigenvalue weighted by atomic mass is 35.5. The Morgan fingerprint density at radius 1 is 1.06 bits per heavy atom. The van der Waals surface area contributed by atoms with Crippen LogP contribution < -0.4 is 4.90 Å². The molecule has 0 saturated carbocycles. The van der Waals surface area contributed by atoms with E-state index in [4.69, 9.17) is 16.6 Å². The van der Waals surface area contributed by atoms with Crippen LogP contribution in [-0.2, 0) is 6.54 Å². The van der Waals surface area contributed by atoms with Crippen molar-refractivity contribution in [1.29, 1.82) is 0 Å². The molecule has 0 aliphatic rings. The Hall–Kier alpha value is -3.22. The first-order chi connectivity index (χ1) is 15.9. The molecule has 2 heterocycles. The van der Waals surface area contributed by atoms with E-state index in [1.54, 1.807) is 4.90 Å². The van der Waals surface area contributed by atoms with Gasteiger partial charge in [0.25, 0.3) is 5.91 Å². The molecule has 0 saturated heterocycles. The van der Waals surface area contributed by atoms with Crippen LogP contribution in [0.2, 0.25) is 5.02 Å². The minimum Gasteiger partial charge on any atom is -0.282 e. The lowest BCUT2D eigenvalue weighted by atomic mass is 10.0. The zero-order valence-corrected chi connectivity index (χ0v) is 20.2. The number of hydrogen-bond donors (Lipinski definition) is 0. The van der Waals surface area contributed by atoms with Crippen LogP contribution in [-0.4, -0.2) is 27.2 Å². The molecule has 5 aromatic rings. The number of rotatable bonds is 5. The van der Waals surface area contributed by atoms with Gasteiger partial charge in [-0.25, -0.2) is 4.98 Å². The maximum absolute atomic E-state index is 13.9. The van der Waals surface area contributed by atoms with E-state index in [0.717, 1.165) is 37.9 Å². The second kappa shape index (κ2) is 8.61. The molecule has 0 radical (unpaired) electrons. The summed E-state index contributed by atoms with van der Waals surface area (Å²) < 4.78 is 2.95. The molecule has 2 aromatic heterocycles. The third kappa shape index (κ3) is 4.01. The Balaban J connectivity index is 1.59. The predicted molar refractivity (Wildman–Crippen MR) is 137 cm³/mol. The summed E-state index contributed by atoms with van der Waals surface area (Å²) >= 11 is 7.84. The van der Waals surface area contributed by atoms with Crippen LogP contribution in [0.25, 0.3) is 21.0 Å². The lowest BCUT2D eigenvalue weighted by molar-refractivity contribution is 0.0987. The zero-order chi connectivity index (χ0) is 23.1. The quantitative estimate of drug-likeness (QED) is 0.289. The van der Waals surface area contributed by atoms with Crippen LogP contribution in [0.3, 0.4) is 0 Å². The molecule has 7 heteroatoms. The van der Waals surface area contributed by atoms with E-state index in [-0.39, 0.29) is 5.91 Å². The monoisotopic (exact) mass is 474 g/mol. The fourth-order valence-electron chi connectivity index (χ4n) is 4.14. The van der Waals surface area contributed by atoms with E-state index in [1.165, 1.54) is 11.3 Å². The van der Waals surface area contributed by atoms with Crippen molar-refractivity contribution in [1.82, 2.24) is 14.8 Å². The van der Waals surface area contributed by atoms with Gasteiger partial charge in [0, 0.05) is 22.8 Å². The van der Waals surface area contributed by atoms with Crippen molar-refractivity contribution in [2.75, 3.05) is 11.4 Å². The Morgan fingerprint density at radius 3 is 2.64 bits per heavy atom. The molecule has 5 nitrogen and oxygen atoms in total. The van der Waals surface area contributed by atoms with Crippen molar-refractivity contribution in [3.05, 3.63) is 88.2 Å². The number of amides is 1. The predicted octanol–water partition coefficient (Wildman–Crippen LogP) is 6.57. The van der Waals surface area contributed by atoms with Gasteiger partial charge in [0.1, 0.15) is 0 Å². The number of carbonyl (C=O) groups is 1. The number of carbonyl (C=O) groups excluding carboxylic acids is 1. The topological polar surface area (TPSA) is 51.0 Å². The van der Waals surface area contributed by atoms with Crippen LogP contribution in [0.15, 0.2) is 60.7 Å². The molecule has 0 aliphatic carbocycles. The lowest BCUT2D eigenvalue weighted by Crippen LogP contribution is -2.34. The Morgan fingerprint density at radius 2 is 1.85 bits per heavy atom. The van der Waals surface area contributed by atoms with E-state index in [9.17, 15) is 4.79 Å². The Kier molecular flexibility index (Phi) is 5.64. The van der Waals surface area contributed by atoms with Crippen molar-refractivity contribution in [2.45, 2.75) is 27.3 Å². The summed E-state index contributed by atoms with van der Waals surface area (Å²) in [5.74, 6) is -0.0730. The molecule has 0 N–H and O–H groups in total. The van der Waals surface area contributed by atoms with Gasteiger partial charge in [-0.15, -0.1) is 0 Å². The van der Waals surface area contributed by atoms with Crippen LogP contribution >= 0.6 is 22.9 Å². The zero-order valence-electron chi connectivity index (χ0n) is 18.7. The van der Waals surface area contributed by atoms with Gasteiger partial charge in [0.2, 0.25) is 0 Å². The number of anilines is 1. The average Bonchev–Trinajstić information content (AvgIpc) is 3.38. The van der Waals surface area contributed by atoms with Gasteiger partial charge in [-0.3, -0.25) is 14.4 Å². The summed E-state index contributed by atoms with van der Waals surface area (Å²) in [7, 11) is 0. The number of halogens is 1. The van der Waals surface area contributed by atoms with Gasteiger partial charge in [-0.05, 0) is 61.4 Å². The Bertz CT molecular complexity index is 1500. The molecule has 0 bridgehead atoms. The first-order valence-electron chi connectivity index (χ1n) is 10.8. The van der Waals surface area contributed by atoms with E-state index in [1.807, 2.05) is 86.1 Å².